The standard InChI is InChI=1S/C37H53NO3/c1-32(2)17-19-37(31(39)41-24-25-11-9-8-10-12-25)20-18-35(6)27(28(37)23-32)13-14-30-34(5)22-26(38-40)21-33(3,4)29(34)15-16-36(30,35)7/h8-13,26,28-30H,14-24H2,1-7H3/t26?,28-,29-,30+,34-,35+,36+,37-/m0/s1. The first kappa shape index (κ1) is 29.1. The molecule has 4 saturated carbocycles. The highest BCUT2D eigenvalue weighted by molar-refractivity contribution is 5.79. The second-order valence-corrected chi connectivity index (χ2v) is 17.1. The van der Waals surface area contributed by atoms with Crippen LogP contribution in [0.1, 0.15) is 118 Å². The Morgan fingerprint density at radius 2 is 1.59 bits per heavy atom. The van der Waals surface area contributed by atoms with E-state index in [1.807, 2.05) is 30.3 Å². The Labute approximate surface area is 248 Å². The molecule has 0 bridgehead atoms. The number of hydrogen-bond acceptors (Lipinski definition) is 4. The zero-order valence-corrected chi connectivity index (χ0v) is 26.7. The zero-order chi connectivity index (χ0) is 29.5. The number of rotatable bonds is 4. The quantitative estimate of drug-likeness (QED) is 0.210. The fourth-order valence-corrected chi connectivity index (χ4v) is 11.8. The maximum absolute atomic E-state index is 14.2. The molecule has 0 N–H and O–H groups in total. The maximum atomic E-state index is 14.2. The van der Waals surface area contributed by atoms with E-state index in [1.165, 1.54) is 12.8 Å². The van der Waals surface area contributed by atoms with Crippen molar-refractivity contribution in [1.29, 1.82) is 0 Å². The van der Waals surface area contributed by atoms with Crippen LogP contribution >= 0.6 is 0 Å². The molecule has 41 heavy (non-hydrogen) atoms. The minimum Gasteiger partial charge on any atom is -0.460 e. The fourth-order valence-electron chi connectivity index (χ4n) is 11.8. The zero-order valence-electron chi connectivity index (χ0n) is 26.7. The van der Waals surface area contributed by atoms with Gasteiger partial charge in [-0.2, -0.15) is 4.91 Å². The number of allylic oxidation sites excluding steroid dienone is 2. The van der Waals surface area contributed by atoms with Gasteiger partial charge in [-0.3, -0.25) is 4.79 Å². The molecule has 4 heteroatoms. The summed E-state index contributed by atoms with van der Waals surface area (Å²) in [6.07, 6.45) is 13.0. The summed E-state index contributed by atoms with van der Waals surface area (Å²) in [6, 6.07) is 10.0. The smallest absolute Gasteiger partial charge is 0.313 e. The number of ether oxygens (including phenoxy) is 1. The second-order valence-electron chi connectivity index (χ2n) is 17.1. The van der Waals surface area contributed by atoms with Crippen LogP contribution in [0.15, 0.2) is 47.2 Å². The van der Waals surface area contributed by atoms with E-state index in [9.17, 15) is 9.70 Å². The first-order valence-corrected chi connectivity index (χ1v) is 16.5. The molecule has 6 rings (SSSR count). The lowest BCUT2D eigenvalue weighted by Gasteiger charge is -2.71. The summed E-state index contributed by atoms with van der Waals surface area (Å²) in [4.78, 5) is 26.1. The normalized spacial score (nSPS) is 44.2. The lowest BCUT2D eigenvalue weighted by molar-refractivity contribution is -0.192. The van der Waals surface area contributed by atoms with Crippen LogP contribution in [0.3, 0.4) is 0 Å². The Balaban J connectivity index is 1.37. The number of hydrogen-bond donors (Lipinski definition) is 0. The van der Waals surface area contributed by atoms with E-state index in [0.717, 1.165) is 56.9 Å². The molecule has 5 aliphatic carbocycles. The van der Waals surface area contributed by atoms with Crippen molar-refractivity contribution < 1.29 is 9.53 Å². The van der Waals surface area contributed by atoms with E-state index < -0.39 is 5.41 Å². The molecule has 0 aliphatic heterocycles. The van der Waals surface area contributed by atoms with Gasteiger partial charge >= 0.3 is 5.97 Å². The van der Waals surface area contributed by atoms with Gasteiger partial charge in [0.2, 0.25) is 0 Å². The molecule has 1 aromatic carbocycles. The van der Waals surface area contributed by atoms with Gasteiger partial charge in [-0.15, -0.1) is 0 Å². The van der Waals surface area contributed by atoms with E-state index in [2.05, 4.69) is 59.7 Å². The van der Waals surface area contributed by atoms with Crippen LogP contribution in [0.4, 0.5) is 0 Å². The molecular weight excluding hydrogens is 506 g/mol. The molecule has 0 heterocycles. The summed E-state index contributed by atoms with van der Waals surface area (Å²) in [5.74, 6) is 1.42. The van der Waals surface area contributed by atoms with E-state index in [-0.39, 0.29) is 45.0 Å². The van der Waals surface area contributed by atoms with Gasteiger partial charge < -0.3 is 4.74 Å². The molecule has 4 fully saturated rings. The van der Waals surface area contributed by atoms with Crippen LogP contribution in [-0.2, 0) is 16.1 Å². The third-order valence-electron chi connectivity index (χ3n) is 14.1. The van der Waals surface area contributed by atoms with E-state index in [1.54, 1.807) is 5.57 Å². The van der Waals surface area contributed by atoms with Gasteiger partial charge in [0.15, 0.2) is 0 Å². The van der Waals surface area contributed by atoms with Crippen molar-refractivity contribution in [1.82, 2.24) is 0 Å². The van der Waals surface area contributed by atoms with Gasteiger partial charge in [0.05, 0.1) is 11.5 Å². The summed E-state index contributed by atoms with van der Waals surface area (Å²) in [5.41, 5.74) is 2.85. The van der Waals surface area contributed by atoms with Crippen molar-refractivity contribution in [3.05, 3.63) is 52.5 Å². The van der Waals surface area contributed by atoms with Crippen LogP contribution in [0, 0.1) is 55.2 Å². The van der Waals surface area contributed by atoms with Crippen LogP contribution in [0.25, 0.3) is 0 Å². The monoisotopic (exact) mass is 559 g/mol. The molecule has 8 atom stereocenters. The summed E-state index contributed by atoms with van der Waals surface area (Å²) in [5, 5.41) is 3.66. The molecule has 0 spiro atoms. The van der Waals surface area contributed by atoms with Crippen molar-refractivity contribution in [3.8, 4) is 0 Å². The molecule has 0 aromatic heterocycles. The van der Waals surface area contributed by atoms with E-state index >= 15 is 0 Å². The van der Waals surface area contributed by atoms with E-state index in [4.69, 9.17) is 4.74 Å². The number of carbonyl (C=O) groups excluding carboxylic acids is 1. The molecular formula is C37H53NO3. The van der Waals surface area contributed by atoms with Crippen molar-refractivity contribution in [2.45, 2.75) is 125 Å². The number of carbonyl (C=O) groups is 1. The Morgan fingerprint density at radius 3 is 2.29 bits per heavy atom. The van der Waals surface area contributed by atoms with Gasteiger partial charge in [0, 0.05) is 0 Å². The number of benzene rings is 1. The first-order chi connectivity index (χ1) is 19.2. The summed E-state index contributed by atoms with van der Waals surface area (Å²) in [6.45, 7) is 17.6. The lowest BCUT2D eigenvalue weighted by Crippen LogP contribution is -2.64. The van der Waals surface area contributed by atoms with Crippen LogP contribution in [0.2, 0.25) is 0 Å². The predicted octanol–water partition coefficient (Wildman–Crippen LogP) is 9.67. The van der Waals surface area contributed by atoms with Crippen molar-refractivity contribution in [2.24, 2.45) is 55.4 Å². The highest BCUT2D eigenvalue weighted by Gasteiger charge is 2.69. The molecule has 4 nitrogen and oxygen atoms in total. The van der Waals surface area contributed by atoms with E-state index in [0.29, 0.717) is 18.4 Å². The third-order valence-corrected chi connectivity index (χ3v) is 14.1. The average molecular weight is 560 g/mol. The minimum absolute atomic E-state index is 0.0293. The van der Waals surface area contributed by atoms with Crippen LogP contribution in [0.5, 0.6) is 0 Å². The first-order valence-electron chi connectivity index (χ1n) is 16.5. The summed E-state index contributed by atoms with van der Waals surface area (Å²) >= 11 is 0. The molecule has 1 unspecified atom stereocenters. The minimum atomic E-state index is -0.417. The number of fused-ring (bicyclic) bond motifs is 7. The Kier molecular flexibility index (Phi) is 6.76. The summed E-state index contributed by atoms with van der Waals surface area (Å²) < 4.78 is 6.17. The fraction of sp³-hybridized carbons (Fsp3) is 0.757. The van der Waals surface area contributed by atoms with Gasteiger partial charge in [0.1, 0.15) is 6.61 Å². The number of nitroso groups, excluding NO2 is 1. The van der Waals surface area contributed by atoms with Gasteiger partial charge in [-0.1, -0.05) is 95.6 Å². The van der Waals surface area contributed by atoms with Gasteiger partial charge in [0.25, 0.3) is 0 Å². The van der Waals surface area contributed by atoms with Crippen LogP contribution in [-0.4, -0.2) is 12.0 Å². The van der Waals surface area contributed by atoms with Gasteiger partial charge in [-0.25, -0.2) is 0 Å². The van der Waals surface area contributed by atoms with Crippen molar-refractivity contribution in [2.75, 3.05) is 0 Å². The highest BCUT2D eigenvalue weighted by Crippen LogP contribution is 2.76. The lowest BCUT2D eigenvalue weighted by atomic mass is 9.33. The van der Waals surface area contributed by atoms with Crippen molar-refractivity contribution >= 4 is 5.97 Å². The molecule has 0 radical (unpaired) electrons. The SMILES string of the molecule is CC1(C)CC[C@]2(C(=O)OCc3ccccc3)CC[C@]3(C)C(=CC[C@@H]4[C@@]5(C)CC(N=O)CC(C)(C)[C@@H]5CC[C@]43C)[C@@H]2C1. The van der Waals surface area contributed by atoms with Crippen LogP contribution < -0.4 is 0 Å². The Bertz CT molecular complexity index is 1230. The largest absolute Gasteiger partial charge is 0.460 e. The summed E-state index contributed by atoms with van der Waals surface area (Å²) in [7, 11) is 0. The Hall–Kier alpha value is -1.97. The third kappa shape index (κ3) is 4.23. The highest BCUT2D eigenvalue weighted by atomic mass is 16.5. The van der Waals surface area contributed by atoms with Gasteiger partial charge in [-0.05, 0) is 115 Å². The maximum Gasteiger partial charge on any atom is 0.313 e. The number of esters is 1. The Morgan fingerprint density at radius 1 is 0.878 bits per heavy atom. The number of nitrogens with zero attached hydrogens (tertiary/aromatic N) is 1. The molecule has 0 amide bonds. The second kappa shape index (κ2) is 9.52. The van der Waals surface area contributed by atoms with Crippen molar-refractivity contribution in [3.63, 3.8) is 0 Å². The molecule has 5 aliphatic rings. The molecule has 0 saturated heterocycles. The topological polar surface area (TPSA) is 55.7 Å². The predicted molar refractivity (Wildman–Crippen MR) is 165 cm³/mol. The average Bonchev–Trinajstić information content (AvgIpc) is 2.91. The molecule has 224 valence electrons. The molecule has 1 aromatic rings.